The van der Waals surface area contributed by atoms with Gasteiger partial charge in [0.15, 0.2) is 5.13 Å². The number of thiazole rings is 1. The van der Waals surface area contributed by atoms with Gasteiger partial charge < -0.3 is 5.32 Å². The predicted molar refractivity (Wildman–Crippen MR) is 106 cm³/mol. The highest BCUT2D eigenvalue weighted by atomic mass is 32.2. The number of amides is 1. The Bertz CT molecular complexity index is 1140. The summed E-state index contributed by atoms with van der Waals surface area (Å²) in [6.07, 6.45) is 0.884. The number of fused-ring (bicyclic) bond motifs is 1. The third kappa shape index (κ3) is 3.58. The molecule has 0 saturated carbocycles. The lowest BCUT2D eigenvalue weighted by Gasteiger charge is -2.17. The van der Waals surface area contributed by atoms with E-state index >= 15 is 0 Å². The Hall–Kier alpha value is -2.71. The van der Waals surface area contributed by atoms with Crippen LogP contribution < -0.4 is 10.0 Å². The second-order valence-electron chi connectivity index (χ2n) is 6.33. The number of benzene rings is 2. The summed E-state index contributed by atoms with van der Waals surface area (Å²) in [4.78, 5) is 16.0. The van der Waals surface area contributed by atoms with Crippen molar-refractivity contribution in [3.63, 3.8) is 0 Å². The van der Waals surface area contributed by atoms with Crippen molar-refractivity contribution < 1.29 is 13.2 Å². The van der Waals surface area contributed by atoms with Gasteiger partial charge >= 0.3 is 0 Å². The molecule has 1 aliphatic rings. The lowest BCUT2D eigenvalue weighted by atomic mass is 10.0. The number of aryl methyl sites for hydroxylation is 2. The molecule has 2 N–H and O–H groups in total. The first-order chi connectivity index (χ1) is 12.9. The van der Waals surface area contributed by atoms with E-state index in [1.165, 1.54) is 17.4 Å². The number of sulfonamides is 1. The molecule has 27 heavy (non-hydrogen) atoms. The first-order valence-corrected chi connectivity index (χ1v) is 10.8. The number of carbonyl (C=O) groups excluding carboxylic acids is 1. The monoisotopic (exact) mass is 399 g/mol. The van der Waals surface area contributed by atoms with Gasteiger partial charge in [0.25, 0.3) is 10.0 Å². The molecule has 0 saturated heterocycles. The van der Waals surface area contributed by atoms with Crippen LogP contribution in [0.2, 0.25) is 0 Å². The molecule has 138 valence electrons. The van der Waals surface area contributed by atoms with Crippen molar-refractivity contribution in [2.75, 3.05) is 10.0 Å². The van der Waals surface area contributed by atoms with Gasteiger partial charge in [0.1, 0.15) is 0 Å². The minimum absolute atomic E-state index is 0.0530. The first-order valence-electron chi connectivity index (χ1n) is 8.39. The van der Waals surface area contributed by atoms with Crippen molar-refractivity contribution >= 4 is 38.1 Å². The third-order valence-corrected chi connectivity index (χ3v) is 6.65. The molecule has 2 aromatic carbocycles. The number of nitrogens with one attached hydrogen (secondary N) is 2. The van der Waals surface area contributed by atoms with E-state index in [1.807, 2.05) is 36.6 Å². The molecule has 0 bridgehead atoms. The summed E-state index contributed by atoms with van der Waals surface area (Å²) < 4.78 is 28.0. The largest absolute Gasteiger partial charge is 0.326 e. The summed E-state index contributed by atoms with van der Waals surface area (Å²) in [7, 11) is -3.75. The lowest BCUT2D eigenvalue weighted by molar-refractivity contribution is -0.116. The Morgan fingerprint density at radius 1 is 1.15 bits per heavy atom. The summed E-state index contributed by atoms with van der Waals surface area (Å²) >= 11 is 1.25. The van der Waals surface area contributed by atoms with Gasteiger partial charge in [-0.3, -0.25) is 9.52 Å². The van der Waals surface area contributed by atoms with Gasteiger partial charge in [-0.05, 0) is 42.7 Å². The summed E-state index contributed by atoms with van der Waals surface area (Å²) in [5.41, 5.74) is 4.28. The van der Waals surface area contributed by atoms with Gasteiger partial charge in [-0.15, -0.1) is 11.3 Å². The van der Waals surface area contributed by atoms with Crippen LogP contribution in [0.15, 0.2) is 52.7 Å². The molecule has 0 spiro atoms. The molecule has 0 radical (unpaired) electrons. The Balaban J connectivity index is 1.59. The van der Waals surface area contributed by atoms with Crippen LogP contribution in [0, 0.1) is 6.92 Å². The fraction of sp³-hybridized carbons (Fsp3) is 0.158. The van der Waals surface area contributed by atoms with Gasteiger partial charge in [-0.1, -0.05) is 24.3 Å². The number of carbonyl (C=O) groups is 1. The number of anilines is 2. The van der Waals surface area contributed by atoms with Gasteiger partial charge in [-0.2, -0.15) is 0 Å². The topological polar surface area (TPSA) is 88.2 Å². The molecule has 0 atom stereocenters. The second kappa shape index (κ2) is 6.79. The molecule has 2 heterocycles. The fourth-order valence-corrected chi connectivity index (χ4v) is 5.02. The summed E-state index contributed by atoms with van der Waals surface area (Å²) in [5, 5.41) is 4.91. The van der Waals surface area contributed by atoms with Gasteiger partial charge in [-0.25, -0.2) is 13.4 Å². The average molecular weight is 399 g/mol. The molecule has 0 aliphatic carbocycles. The number of hydrogen-bond acceptors (Lipinski definition) is 5. The second-order valence-corrected chi connectivity index (χ2v) is 8.87. The van der Waals surface area contributed by atoms with E-state index < -0.39 is 10.0 Å². The molecule has 1 amide bonds. The molecule has 1 aliphatic heterocycles. The van der Waals surface area contributed by atoms with Crippen molar-refractivity contribution in [2.45, 2.75) is 24.7 Å². The summed E-state index contributed by atoms with van der Waals surface area (Å²) in [6, 6.07) is 12.5. The van der Waals surface area contributed by atoms with Crippen LogP contribution >= 0.6 is 11.3 Å². The van der Waals surface area contributed by atoms with Crippen LogP contribution in [0.25, 0.3) is 11.3 Å². The molecule has 6 nitrogen and oxygen atoms in total. The van der Waals surface area contributed by atoms with Gasteiger partial charge in [0, 0.05) is 23.1 Å². The van der Waals surface area contributed by atoms with Crippen molar-refractivity contribution in [3.05, 3.63) is 59.0 Å². The number of nitrogens with zero attached hydrogens (tertiary/aromatic N) is 1. The fourth-order valence-electron chi connectivity index (χ4n) is 3.01. The highest BCUT2D eigenvalue weighted by Gasteiger charge is 2.21. The first kappa shape index (κ1) is 17.7. The van der Waals surface area contributed by atoms with Crippen LogP contribution in [0.5, 0.6) is 0 Å². The molecule has 4 rings (SSSR count). The molecule has 0 fully saturated rings. The van der Waals surface area contributed by atoms with E-state index in [0.717, 1.165) is 22.4 Å². The van der Waals surface area contributed by atoms with E-state index in [2.05, 4.69) is 15.0 Å². The zero-order valence-corrected chi connectivity index (χ0v) is 16.2. The lowest BCUT2D eigenvalue weighted by Crippen LogP contribution is -2.20. The van der Waals surface area contributed by atoms with E-state index in [9.17, 15) is 13.2 Å². The Labute approximate surface area is 161 Å². The standard InChI is InChI=1S/C19H17N3O3S2/c1-12-4-2-3-5-15(12)17-11-26-19(21-17)22-27(24,25)14-7-8-16-13(10-14)6-9-18(23)20-16/h2-5,7-8,10-11H,6,9H2,1H3,(H,20,23)(H,21,22). The zero-order chi connectivity index (χ0) is 19.0. The molecule has 0 unspecified atom stereocenters. The maximum atomic E-state index is 12.7. The Kier molecular flexibility index (Phi) is 4.45. The maximum Gasteiger partial charge on any atom is 0.263 e. The summed E-state index contributed by atoms with van der Waals surface area (Å²) in [5.74, 6) is -0.0530. The van der Waals surface area contributed by atoms with Crippen molar-refractivity contribution in [1.82, 2.24) is 4.98 Å². The minimum atomic E-state index is -3.75. The van der Waals surface area contributed by atoms with Crippen LogP contribution in [0.3, 0.4) is 0 Å². The van der Waals surface area contributed by atoms with Crippen molar-refractivity contribution in [1.29, 1.82) is 0 Å². The SMILES string of the molecule is Cc1ccccc1-c1csc(NS(=O)(=O)c2ccc3c(c2)CCC(=O)N3)n1. The third-order valence-electron chi connectivity index (χ3n) is 4.43. The van der Waals surface area contributed by atoms with E-state index in [1.54, 1.807) is 12.1 Å². The Morgan fingerprint density at radius 2 is 1.96 bits per heavy atom. The molecule has 8 heteroatoms. The van der Waals surface area contributed by atoms with Crippen LogP contribution in [-0.2, 0) is 21.2 Å². The smallest absolute Gasteiger partial charge is 0.263 e. The quantitative estimate of drug-likeness (QED) is 0.698. The predicted octanol–water partition coefficient (Wildman–Crippen LogP) is 3.80. The summed E-state index contributed by atoms with van der Waals surface area (Å²) in [6.45, 7) is 1.99. The Morgan fingerprint density at radius 3 is 2.78 bits per heavy atom. The molecular weight excluding hydrogens is 382 g/mol. The highest BCUT2D eigenvalue weighted by Crippen LogP contribution is 2.30. The van der Waals surface area contributed by atoms with Gasteiger partial charge in [0.2, 0.25) is 5.91 Å². The highest BCUT2D eigenvalue weighted by molar-refractivity contribution is 7.93. The minimum Gasteiger partial charge on any atom is -0.326 e. The normalized spacial score (nSPS) is 13.7. The van der Waals surface area contributed by atoms with E-state index in [0.29, 0.717) is 23.7 Å². The zero-order valence-electron chi connectivity index (χ0n) is 14.5. The van der Waals surface area contributed by atoms with Crippen LogP contribution in [0.4, 0.5) is 10.8 Å². The van der Waals surface area contributed by atoms with Gasteiger partial charge in [0.05, 0.1) is 10.6 Å². The van der Waals surface area contributed by atoms with Crippen molar-refractivity contribution in [2.24, 2.45) is 0 Å². The number of rotatable bonds is 4. The average Bonchev–Trinajstić information content (AvgIpc) is 3.09. The van der Waals surface area contributed by atoms with Crippen LogP contribution in [-0.4, -0.2) is 19.3 Å². The van der Waals surface area contributed by atoms with E-state index in [-0.39, 0.29) is 10.8 Å². The molecular formula is C19H17N3O3S2. The van der Waals surface area contributed by atoms with Crippen LogP contribution in [0.1, 0.15) is 17.5 Å². The molecule has 1 aromatic heterocycles. The number of aromatic nitrogens is 1. The number of hydrogen-bond donors (Lipinski definition) is 2. The van der Waals surface area contributed by atoms with Crippen molar-refractivity contribution in [3.8, 4) is 11.3 Å². The van der Waals surface area contributed by atoms with E-state index in [4.69, 9.17) is 0 Å². The molecule has 3 aromatic rings. The maximum absolute atomic E-state index is 12.7.